The van der Waals surface area contributed by atoms with E-state index in [1.807, 2.05) is 0 Å². The Hall–Kier alpha value is -0.190. The molecule has 0 saturated carbocycles. The molecule has 5 N–H and O–H groups in total. The molecule has 0 unspecified atom stereocenters. The Morgan fingerprint density at radius 1 is 1.31 bits per heavy atom. The van der Waals surface area contributed by atoms with Crippen LogP contribution in [0.15, 0.2) is 12.1 Å². The Morgan fingerprint density at radius 3 is 2.44 bits per heavy atom. The van der Waals surface area contributed by atoms with Crippen LogP contribution in [0.1, 0.15) is 24.4 Å². The summed E-state index contributed by atoms with van der Waals surface area (Å²) in [6.45, 7) is 0.569. The lowest BCUT2D eigenvalue weighted by atomic mass is 10.0. The summed E-state index contributed by atoms with van der Waals surface area (Å²) in [5, 5.41) is 10.5. The topological polar surface area (TPSA) is 72.3 Å². The Labute approximate surface area is 111 Å². The zero-order chi connectivity index (χ0) is 11.4. The first-order chi connectivity index (χ1) is 7.06. The Morgan fingerprint density at radius 2 is 1.94 bits per heavy atom. The van der Waals surface area contributed by atoms with E-state index in [0.29, 0.717) is 28.6 Å². The van der Waals surface area contributed by atoms with Crippen molar-refractivity contribution in [2.75, 3.05) is 6.54 Å². The van der Waals surface area contributed by atoms with Gasteiger partial charge in [0.1, 0.15) is 5.75 Å². The van der Waals surface area contributed by atoms with Crippen LogP contribution in [0.25, 0.3) is 0 Å². The molecule has 0 fully saturated rings. The van der Waals surface area contributed by atoms with Gasteiger partial charge in [-0.25, -0.2) is 0 Å². The molecule has 1 aromatic carbocycles. The van der Waals surface area contributed by atoms with E-state index in [2.05, 4.69) is 0 Å². The fourth-order valence-corrected chi connectivity index (χ4v) is 2.04. The van der Waals surface area contributed by atoms with Gasteiger partial charge in [-0.3, -0.25) is 0 Å². The third kappa shape index (κ3) is 4.00. The number of benzene rings is 1. The van der Waals surface area contributed by atoms with Crippen LogP contribution in [0.2, 0.25) is 10.0 Å². The van der Waals surface area contributed by atoms with Crippen LogP contribution in [0, 0.1) is 0 Å². The smallest absolute Gasteiger partial charge is 0.123 e. The lowest BCUT2D eigenvalue weighted by molar-refractivity contribution is 0.457. The SMILES string of the molecule is Cl.NCCC[C@@H](N)c1c(O)cc(Cl)cc1Cl. The summed E-state index contributed by atoms with van der Waals surface area (Å²) in [5.41, 5.74) is 11.8. The maximum atomic E-state index is 9.66. The first kappa shape index (κ1) is 15.8. The minimum atomic E-state index is -0.307. The summed E-state index contributed by atoms with van der Waals surface area (Å²) < 4.78 is 0. The summed E-state index contributed by atoms with van der Waals surface area (Å²) >= 11 is 11.7. The predicted molar refractivity (Wildman–Crippen MR) is 70.6 cm³/mol. The Bertz CT molecular complexity index is 324. The molecule has 92 valence electrons. The number of hydrogen-bond acceptors (Lipinski definition) is 3. The quantitative estimate of drug-likeness (QED) is 0.796. The lowest BCUT2D eigenvalue weighted by Gasteiger charge is -2.15. The van der Waals surface area contributed by atoms with E-state index in [1.54, 1.807) is 6.07 Å². The minimum Gasteiger partial charge on any atom is -0.508 e. The van der Waals surface area contributed by atoms with Crippen molar-refractivity contribution in [3.63, 3.8) is 0 Å². The van der Waals surface area contributed by atoms with E-state index < -0.39 is 0 Å². The molecule has 16 heavy (non-hydrogen) atoms. The van der Waals surface area contributed by atoms with E-state index in [9.17, 15) is 5.11 Å². The highest BCUT2D eigenvalue weighted by atomic mass is 35.5. The van der Waals surface area contributed by atoms with Gasteiger partial charge in [-0.1, -0.05) is 23.2 Å². The van der Waals surface area contributed by atoms with Crippen molar-refractivity contribution >= 4 is 35.6 Å². The van der Waals surface area contributed by atoms with E-state index in [-0.39, 0.29) is 24.2 Å². The summed E-state index contributed by atoms with van der Waals surface area (Å²) in [7, 11) is 0. The zero-order valence-corrected chi connectivity index (χ0v) is 10.9. The molecule has 0 saturated heterocycles. The van der Waals surface area contributed by atoms with E-state index in [0.717, 1.165) is 6.42 Å². The zero-order valence-electron chi connectivity index (χ0n) is 8.62. The van der Waals surface area contributed by atoms with Crippen molar-refractivity contribution in [2.24, 2.45) is 11.5 Å². The van der Waals surface area contributed by atoms with Crippen LogP contribution in [0.4, 0.5) is 0 Å². The van der Waals surface area contributed by atoms with Crippen molar-refractivity contribution in [1.29, 1.82) is 0 Å². The monoisotopic (exact) mass is 284 g/mol. The van der Waals surface area contributed by atoms with Gasteiger partial charge in [-0.05, 0) is 31.5 Å². The number of nitrogens with two attached hydrogens (primary N) is 2. The molecular formula is C10H15Cl3N2O. The molecule has 1 aromatic rings. The second-order valence-electron chi connectivity index (χ2n) is 3.36. The third-order valence-corrected chi connectivity index (χ3v) is 2.69. The Balaban J connectivity index is 0.00000225. The molecule has 0 spiro atoms. The summed E-state index contributed by atoms with van der Waals surface area (Å²) in [4.78, 5) is 0. The van der Waals surface area contributed by atoms with Gasteiger partial charge in [0.2, 0.25) is 0 Å². The molecule has 1 rings (SSSR count). The molecule has 6 heteroatoms. The first-order valence-corrected chi connectivity index (χ1v) is 5.45. The molecule has 0 aromatic heterocycles. The molecule has 0 aliphatic heterocycles. The average molecular weight is 286 g/mol. The molecule has 0 heterocycles. The standard InChI is InChI=1S/C10H14Cl2N2O.ClH/c11-6-4-7(12)10(9(15)5-6)8(14)2-1-3-13;/h4-5,8,15H,1-3,13-14H2;1H/t8-;/m1./s1. The predicted octanol–water partition coefficient (Wildman–Crippen LogP) is 2.86. The normalized spacial score (nSPS) is 12.0. The van der Waals surface area contributed by atoms with E-state index in [4.69, 9.17) is 34.7 Å². The fraction of sp³-hybridized carbons (Fsp3) is 0.400. The maximum absolute atomic E-state index is 9.66. The van der Waals surface area contributed by atoms with Crippen LogP contribution >= 0.6 is 35.6 Å². The van der Waals surface area contributed by atoms with Gasteiger partial charge < -0.3 is 16.6 Å². The average Bonchev–Trinajstić information content (AvgIpc) is 2.12. The van der Waals surface area contributed by atoms with Crippen molar-refractivity contribution in [3.05, 3.63) is 27.7 Å². The summed E-state index contributed by atoms with van der Waals surface area (Å²) in [5.74, 6) is 0.0389. The van der Waals surface area contributed by atoms with Crippen LogP contribution in [-0.4, -0.2) is 11.7 Å². The molecule has 3 nitrogen and oxygen atoms in total. The fourth-order valence-electron chi connectivity index (χ4n) is 1.42. The highest BCUT2D eigenvalue weighted by molar-refractivity contribution is 6.35. The van der Waals surface area contributed by atoms with Crippen LogP contribution < -0.4 is 11.5 Å². The number of phenols is 1. The minimum absolute atomic E-state index is 0. The summed E-state index contributed by atoms with van der Waals surface area (Å²) in [6.07, 6.45) is 1.48. The second-order valence-corrected chi connectivity index (χ2v) is 4.20. The van der Waals surface area contributed by atoms with Crippen molar-refractivity contribution in [1.82, 2.24) is 0 Å². The largest absolute Gasteiger partial charge is 0.508 e. The number of hydrogen-bond donors (Lipinski definition) is 3. The molecule has 1 atom stereocenters. The number of halogens is 3. The van der Waals surface area contributed by atoms with Crippen molar-refractivity contribution < 1.29 is 5.11 Å². The van der Waals surface area contributed by atoms with Gasteiger partial charge in [0.05, 0.1) is 5.02 Å². The van der Waals surface area contributed by atoms with Gasteiger partial charge in [0, 0.05) is 16.6 Å². The molecule has 0 aliphatic rings. The first-order valence-electron chi connectivity index (χ1n) is 4.69. The van der Waals surface area contributed by atoms with Crippen LogP contribution in [0.5, 0.6) is 5.75 Å². The second kappa shape index (κ2) is 7.20. The highest BCUT2D eigenvalue weighted by Crippen LogP contribution is 2.35. The van der Waals surface area contributed by atoms with Crippen LogP contribution in [-0.2, 0) is 0 Å². The third-order valence-electron chi connectivity index (χ3n) is 2.16. The molecular weight excluding hydrogens is 270 g/mol. The van der Waals surface area contributed by atoms with Gasteiger partial charge in [-0.2, -0.15) is 0 Å². The van der Waals surface area contributed by atoms with Gasteiger partial charge in [0.25, 0.3) is 0 Å². The van der Waals surface area contributed by atoms with Gasteiger partial charge in [0.15, 0.2) is 0 Å². The van der Waals surface area contributed by atoms with E-state index in [1.165, 1.54) is 6.07 Å². The molecule has 0 bridgehead atoms. The number of aromatic hydroxyl groups is 1. The molecule has 0 radical (unpaired) electrons. The molecule has 0 amide bonds. The van der Waals surface area contributed by atoms with E-state index >= 15 is 0 Å². The van der Waals surface area contributed by atoms with Gasteiger partial charge in [-0.15, -0.1) is 12.4 Å². The number of rotatable bonds is 4. The number of phenolic OH excluding ortho intramolecular Hbond substituents is 1. The highest BCUT2D eigenvalue weighted by Gasteiger charge is 2.15. The van der Waals surface area contributed by atoms with Crippen LogP contribution in [0.3, 0.4) is 0 Å². The lowest BCUT2D eigenvalue weighted by Crippen LogP contribution is -2.13. The van der Waals surface area contributed by atoms with Gasteiger partial charge >= 0.3 is 0 Å². The summed E-state index contributed by atoms with van der Waals surface area (Å²) in [6, 6.07) is 2.70. The maximum Gasteiger partial charge on any atom is 0.123 e. The van der Waals surface area contributed by atoms with Crippen molar-refractivity contribution in [3.8, 4) is 5.75 Å². The van der Waals surface area contributed by atoms with Crippen molar-refractivity contribution in [2.45, 2.75) is 18.9 Å². The molecule has 0 aliphatic carbocycles. The Kier molecular flexibility index (Phi) is 7.11.